The molecule has 2 bridgehead atoms. The summed E-state index contributed by atoms with van der Waals surface area (Å²) < 4.78 is 13.6. The fourth-order valence-corrected chi connectivity index (χ4v) is 5.96. The molecular formula is C22H15ClFN3O5. The lowest BCUT2D eigenvalue weighted by Crippen LogP contribution is -2.35. The van der Waals surface area contributed by atoms with E-state index in [1.165, 1.54) is 24.3 Å². The van der Waals surface area contributed by atoms with Crippen LogP contribution < -0.4 is 10.4 Å². The summed E-state index contributed by atoms with van der Waals surface area (Å²) in [4.78, 5) is 44.2. The predicted octanol–water partition coefficient (Wildman–Crippen LogP) is 3.46. The van der Waals surface area contributed by atoms with Crippen LogP contribution in [0.25, 0.3) is 5.70 Å². The second-order valence-electron chi connectivity index (χ2n) is 8.45. The molecule has 0 radical (unpaired) electrons. The van der Waals surface area contributed by atoms with Crippen LogP contribution in [-0.4, -0.2) is 22.8 Å². The van der Waals surface area contributed by atoms with Gasteiger partial charge in [-0.05, 0) is 36.1 Å². The molecular weight excluding hydrogens is 441 g/mol. The normalized spacial score (nSPS) is 30.1. The third-order valence-electron chi connectivity index (χ3n) is 7.00. The molecule has 2 aliphatic carbocycles. The van der Waals surface area contributed by atoms with E-state index in [1.54, 1.807) is 12.1 Å². The fraction of sp³-hybridized carbons (Fsp3) is 0.273. The molecule has 0 unspecified atom stereocenters. The smallest absolute Gasteiger partial charge is 0.270 e. The summed E-state index contributed by atoms with van der Waals surface area (Å²) in [5.74, 6) is -2.81. The van der Waals surface area contributed by atoms with Crippen molar-refractivity contribution in [2.24, 2.45) is 23.7 Å². The highest BCUT2D eigenvalue weighted by atomic mass is 35.5. The van der Waals surface area contributed by atoms with Gasteiger partial charge in [0.2, 0.25) is 11.8 Å². The van der Waals surface area contributed by atoms with E-state index in [1.807, 2.05) is 0 Å². The van der Waals surface area contributed by atoms with E-state index in [4.69, 9.17) is 16.4 Å². The molecule has 5 atom stereocenters. The maximum atomic E-state index is 13.6. The Morgan fingerprint density at radius 3 is 2.69 bits per heavy atom. The number of hydrogen-bond acceptors (Lipinski definition) is 6. The Morgan fingerprint density at radius 1 is 1.16 bits per heavy atom. The Kier molecular flexibility index (Phi) is 4.00. The number of nitro benzene ring substituents is 1. The SMILES string of the molecule is O=C1[C@H]2[C@@H]3C[C@@H](C4=C(c5cccc([N+](=O)[O-])c5)NO[C@@H]43)[C@H]2C(=O)N1c1ccc(F)c(Cl)c1. The van der Waals surface area contributed by atoms with Gasteiger partial charge in [-0.1, -0.05) is 23.7 Å². The van der Waals surface area contributed by atoms with Crippen molar-refractivity contribution in [1.29, 1.82) is 0 Å². The lowest BCUT2D eigenvalue weighted by molar-refractivity contribution is -0.384. The minimum Gasteiger partial charge on any atom is -0.274 e. The molecule has 2 amide bonds. The van der Waals surface area contributed by atoms with Crippen LogP contribution in [0.4, 0.5) is 15.8 Å². The standard InChI is InChI=1S/C22H15ClFN3O5/c23-14-7-10(4-5-15(14)24)26-21(28)16-12-8-13(17(16)22(26)29)20-18(12)19(25-32-20)9-2-1-3-11(6-9)27(30)31/h1-7,12-13,16-17,20,25H,8H2/t12-,13+,16-,17+,20-/m1/s1. The zero-order valence-electron chi connectivity index (χ0n) is 16.3. The summed E-state index contributed by atoms with van der Waals surface area (Å²) in [5, 5.41) is 11.0. The van der Waals surface area contributed by atoms with Crippen LogP contribution in [-0.2, 0) is 14.4 Å². The Balaban J connectivity index is 1.40. The van der Waals surface area contributed by atoms with Crippen molar-refractivity contribution >= 4 is 40.5 Å². The predicted molar refractivity (Wildman–Crippen MR) is 111 cm³/mol. The van der Waals surface area contributed by atoms with Crippen molar-refractivity contribution in [3.05, 3.63) is 74.6 Å². The number of carbonyl (C=O) groups excluding carboxylic acids is 2. The number of fused-ring (bicyclic) bond motifs is 8. The largest absolute Gasteiger partial charge is 0.274 e. The molecule has 2 aromatic rings. The molecule has 6 rings (SSSR count). The van der Waals surface area contributed by atoms with E-state index in [0.29, 0.717) is 17.7 Å². The topological polar surface area (TPSA) is 102 Å². The maximum absolute atomic E-state index is 13.6. The molecule has 3 fully saturated rings. The first kappa shape index (κ1) is 19.4. The van der Waals surface area contributed by atoms with E-state index < -0.39 is 22.6 Å². The lowest BCUT2D eigenvalue weighted by atomic mass is 9.76. The average molecular weight is 456 g/mol. The van der Waals surface area contributed by atoms with Gasteiger partial charge in [0.05, 0.1) is 33.2 Å². The molecule has 8 nitrogen and oxygen atoms in total. The van der Waals surface area contributed by atoms with Gasteiger partial charge in [0.1, 0.15) is 11.9 Å². The van der Waals surface area contributed by atoms with Crippen LogP contribution in [0.5, 0.6) is 0 Å². The number of anilines is 1. The van der Waals surface area contributed by atoms with Crippen molar-refractivity contribution < 1.29 is 23.7 Å². The Bertz CT molecular complexity index is 1260. The molecule has 2 aliphatic heterocycles. The molecule has 2 heterocycles. The molecule has 1 N–H and O–H groups in total. The number of amides is 2. The Hall–Kier alpha value is -3.30. The summed E-state index contributed by atoms with van der Waals surface area (Å²) in [6.45, 7) is 0. The number of nitrogens with zero attached hydrogens (tertiary/aromatic N) is 2. The van der Waals surface area contributed by atoms with Crippen molar-refractivity contribution in [3.63, 3.8) is 0 Å². The summed E-state index contributed by atoms with van der Waals surface area (Å²) >= 11 is 5.87. The number of hydrogen-bond donors (Lipinski definition) is 1. The number of non-ortho nitro benzene ring substituents is 1. The van der Waals surface area contributed by atoms with Gasteiger partial charge in [-0.15, -0.1) is 0 Å². The van der Waals surface area contributed by atoms with Crippen molar-refractivity contribution in [3.8, 4) is 0 Å². The van der Waals surface area contributed by atoms with E-state index in [9.17, 15) is 24.1 Å². The molecule has 162 valence electrons. The average Bonchev–Trinajstić information content (AvgIpc) is 3.50. The second kappa shape index (κ2) is 6.60. The van der Waals surface area contributed by atoms with Gasteiger partial charge in [0.15, 0.2) is 0 Å². The van der Waals surface area contributed by atoms with Crippen molar-refractivity contribution in [1.82, 2.24) is 5.48 Å². The van der Waals surface area contributed by atoms with Gasteiger partial charge < -0.3 is 0 Å². The first-order chi connectivity index (χ1) is 15.4. The number of benzene rings is 2. The summed E-state index contributed by atoms with van der Waals surface area (Å²) in [6, 6.07) is 9.98. The third-order valence-corrected chi connectivity index (χ3v) is 7.29. The van der Waals surface area contributed by atoms with Crippen molar-refractivity contribution in [2.45, 2.75) is 12.5 Å². The Labute approximate surface area is 185 Å². The van der Waals surface area contributed by atoms with Crippen LogP contribution in [0.1, 0.15) is 12.0 Å². The van der Waals surface area contributed by atoms with Crippen LogP contribution in [0.2, 0.25) is 5.02 Å². The van der Waals surface area contributed by atoms with Crippen LogP contribution in [0, 0.1) is 39.6 Å². The highest BCUT2D eigenvalue weighted by molar-refractivity contribution is 6.31. The van der Waals surface area contributed by atoms with Crippen molar-refractivity contribution in [2.75, 3.05) is 4.90 Å². The summed E-state index contributed by atoms with van der Waals surface area (Å²) in [6.07, 6.45) is 0.245. The molecule has 0 spiro atoms. The van der Waals surface area contributed by atoms with Crippen LogP contribution in [0.15, 0.2) is 48.0 Å². The van der Waals surface area contributed by atoms with E-state index in [2.05, 4.69) is 5.48 Å². The fourth-order valence-electron chi connectivity index (χ4n) is 5.79. The molecule has 1 saturated heterocycles. The first-order valence-electron chi connectivity index (χ1n) is 10.1. The van der Waals surface area contributed by atoms with Crippen LogP contribution >= 0.6 is 11.6 Å². The monoisotopic (exact) mass is 455 g/mol. The summed E-state index contributed by atoms with van der Waals surface area (Å²) in [5.41, 5.74) is 5.17. The number of hydroxylamine groups is 1. The minimum atomic E-state index is -0.629. The molecule has 4 aliphatic rings. The number of nitrogens with one attached hydrogen (secondary N) is 1. The Morgan fingerprint density at radius 2 is 1.94 bits per heavy atom. The van der Waals surface area contributed by atoms with Crippen LogP contribution in [0.3, 0.4) is 0 Å². The maximum Gasteiger partial charge on any atom is 0.270 e. The molecule has 0 aromatic heterocycles. The number of rotatable bonds is 3. The molecule has 10 heteroatoms. The number of nitro groups is 1. The number of halogens is 2. The van der Waals surface area contributed by atoms with Gasteiger partial charge in [0, 0.05) is 23.6 Å². The quantitative estimate of drug-likeness (QED) is 0.432. The molecule has 2 saturated carbocycles. The highest BCUT2D eigenvalue weighted by Crippen LogP contribution is 2.62. The van der Waals surface area contributed by atoms with Gasteiger partial charge >= 0.3 is 0 Å². The van der Waals surface area contributed by atoms with Gasteiger partial charge in [-0.3, -0.25) is 30.0 Å². The van der Waals surface area contributed by atoms with Gasteiger partial charge in [-0.25, -0.2) is 9.29 Å². The second-order valence-corrected chi connectivity index (χ2v) is 8.85. The van der Waals surface area contributed by atoms with Gasteiger partial charge in [0.25, 0.3) is 5.69 Å². The van der Waals surface area contributed by atoms with E-state index in [-0.39, 0.29) is 46.2 Å². The minimum absolute atomic E-state index is 0.0478. The summed E-state index contributed by atoms with van der Waals surface area (Å²) in [7, 11) is 0. The highest BCUT2D eigenvalue weighted by Gasteiger charge is 2.68. The zero-order chi connectivity index (χ0) is 22.3. The number of carbonyl (C=O) groups is 2. The first-order valence-corrected chi connectivity index (χ1v) is 10.5. The van der Waals surface area contributed by atoms with E-state index >= 15 is 0 Å². The van der Waals surface area contributed by atoms with E-state index in [0.717, 1.165) is 16.5 Å². The molecule has 32 heavy (non-hydrogen) atoms. The number of imide groups is 1. The lowest BCUT2D eigenvalue weighted by Gasteiger charge is -2.26. The van der Waals surface area contributed by atoms with Gasteiger partial charge in [-0.2, -0.15) is 0 Å². The third kappa shape index (κ3) is 2.46. The zero-order valence-corrected chi connectivity index (χ0v) is 17.1. The molecule has 2 aromatic carbocycles.